The van der Waals surface area contributed by atoms with Crippen molar-refractivity contribution in [3.63, 3.8) is 0 Å². The standard InChI is InChI=1S/C17H21N3O5S/c1-3-24-15(22)8-5-9-25-16-12(6-4-7-13(16)23-2)10-18-20-17-19-14(21)11-26-17/h4,6-7,10H,3,5,8-9,11H2,1-2H3,(H,19,20,21). The molecule has 2 rings (SSSR count). The highest BCUT2D eigenvalue weighted by molar-refractivity contribution is 8.15. The molecule has 0 aliphatic carbocycles. The first-order valence-corrected chi connectivity index (χ1v) is 9.11. The smallest absolute Gasteiger partial charge is 0.305 e. The number of nitrogens with zero attached hydrogens (tertiary/aromatic N) is 2. The van der Waals surface area contributed by atoms with Crippen LogP contribution >= 0.6 is 11.8 Å². The number of nitrogens with one attached hydrogen (secondary N) is 1. The molecule has 1 saturated heterocycles. The van der Waals surface area contributed by atoms with Gasteiger partial charge in [-0.1, -0.05) is 17.8 Å². The largest absolute Gasteiger partial charge is 0.493 e. The predicted octanol–water partition coefficient (Wildman–Crippen LogP) is 1.97. The lowest BCUT2D eigenvalue weighted by atomic mass is 10.2. The van der Waals surface area contributed by atoms with E-state index in [1.54, 1.807) is 20.1 Å². The van der Waals surface area contributed by atoms with E-state index in [0.717, 1.165) is 0 Å². The lowest BCUT2D eigenvalue weighted by Crippen LogP contribution is -2.19. The number of ether oxygens (including phenoxy) is 3. The monoisotopic (exact) mass is 379 g/mol. The van der Waals surface area contributed by atoms with Gasteiger partial charge in [0.2, 0.25) is 5.91 Å². The first-order valence-electron chi connectivity index (χ1n) is 8.13. The molecular formula is C17H21N3O5S. The zero-order valence-electron chi connectivity index (χ0n) is 14.7. The van der Waals surface area contributed by atoms with Gasteiger partial charge in [0.25, 0.3) is 0 Å². The van der Waals surface area contributed by atoms with Crippen molar-refractivity contribution < 1.29 is 23.8 Å². The fraction of sp³-hybridized carbons (Fsp3) is 0.412. The van der Waals surface area contributed by atoms with E-state index in [4.69, 9.17) is 14.2 Å². The van der Waals surface area contributed by atoms with Gasteiger partial charge < -0.3 is 19.5 Å². The number of thioether (sulfide) groups is 1. The van der Waals surface area contributed by atoms with Gasteiger partial charge in [0.05, 0.1) is 32.3 Å². The second kappa shape index (κ2) is 10.4. The van der Waals surface area contributed by atoms with Crippen LogP contribution in [0.15, 0.2) is 28.4 Å². The van der Waals surface area contributed by atoms with E-state index < -0.39 is 0 Å². The molecule has 1 aliphatic rings. The highest BCUT2D eigenvalue weighted by Gasteiger charge is 2.16. The average molecular weight is 379 g/mol. The van der Waals surface area contributed by atoms with E-state index >= 15 is 0 Å². The molecule has 0 saturated carbocycles. The summed E-state index contributed by atoms with van der Waals surface area (Å²) in [7, 11) is 1.55. The number of carbonyl (C=O) groups excluding carboxylic acids is 2. The van der Waals surface area contributed by atoms with Crippen LogP contribution in [-0.4, -0.2) is 49.3 Å². The van der Waals surface area contributed by atoms with Crippen molar-refractivity contribution in [2.45, 2.75) is 19.8 Å². The van der Waals surface area contributed by atoms with Crippen LogP contribution in [-0.2, 0) is 14.3 Å². The van der Waals surface area contributed by atoms with Crippen molar-refractivity contribution in [1.82, 2.24) is 5.32 Å². The van der Waals surface area contributed by atoms with Crippen molar-refractivity contribution in [2.75, 3.05) is 26.1 Å². The summed E-state index contributed by atoms with van der Waals surface area (Å²) in [6.45, 7) is 2.47. The van der Waals surface area contributed by atoms with Crippen LogP contribution < -0.4 is 14.8 Å². The number of hydrogen-bond donors (Lipinski definition) is 1. The Morgan fingerprint density at radius 1 is 1.42 bits per heavy atom. The lowest BCUT2D eigenvalue weighted by molar-refractivity contribution is -0.143. The number of carbonyl (C=O) groups is 2. The summed E-state index contributed by atoms with van der Waals surface area (Å²) in [4.78, 5) is 22.5. The van der Waals surface area contributed by atoms with Gasteiger partial charge in [0.1, 0.15) is 0 Å². The maximum absolute atomic E-state index is 11.4. The Hall–Kier alpha value is -2.55. The van der Waals surface area contributed by atoms with Gasteiger partial charge in [-0.3, -0.25) is 9.59 Å². The number of methoxy groups -OCH3 is 1. The third-order valence-electron chi connectivity index (χ3n) is 3.24. The van der Waals surface area contributed by atoms with Crippen molar-refractivity contribution >= 4 is 35.0 Å². The Morgan fingerprint density at radius 3 is 2.96 bits per heavy atom. The number of amidine groups is 1. The highest BCUT2D eigenvalue weighted by Crippen LogP contribution is 2.30. The van der Waals surface area contributed by atoms with Crippen LogP contribution in [0, 0.1) is 0 Å². The van der Waals surface area contributed by atoms with E-state index in [0.29, 0.717) is 47.6 Å². The minimum Gasteiger partial charge on any atom is -0.493 e. The molecule has 26 heavy (non-hydrogen) atoms. The number of benzene rings is 1. The van der Waals surface area contributed by atoms with E-state index in [1.165, 1.54) is 18.0 Å². The Balaban J connectivity index is 2.00. The number of esters is 1. The lowest BCUT2D eigenvalue weighted by Gasteiger charge is -2.12. The van der Waals surface area contributed by atoms with E-state index in [-0.39, 0.29) is 18.3 Å². The minimum absolute atomic E-state index is 0.0871. The fourth-order valence-electron chi connectivity index (χ4n) is 2.10. The number of amides is 1. The second-order valence-corrected chi connectivity index (χ2v) is 6.09. The Kier molecular flexibility index (Phi) is 7.94. The van der Waals surface area contributed by atoms with E-state index in [1.807, 2.05) is 12.1 Å². The number of hydrogen-bond acceptors (Lipinski definition) is 8. The molecule has 1 amide bonds. The zero-order valence-corrected chi connectivity index (χ0v) is 15.5. The molecule has 8 nitrogen and oxygen atoms in total. The molecule has 1 heterocycles. The molecule has 0 aromatic heterocycles. The first-order chi connectivity index (χ1) is 12.6. The molecule has 1 aromatic rings. The highest BCUT2D eigenvalue weighted by atomic mass is 32.2. The van der Waals surface area contributed by atoms with Crippen molar-refractivity contribution in [2.24, 2.45) is 10.2 Å². The molecule has 0 radical (unpaired) electrons. The third kappa shape index (κ3) is 6.07. The zero-order chi connectivity index (χ0) is 18.8. The third-order valence-corrected chi connectivity index (χ3v) is 4.10. The summed E-state index contributed by atoms with van der Waals surface area (Å²) in [5.74, 6) is 1.09. The van der Waals surface area contributed by atoms with Gasteiger partial charge in [-0.2, -0.15) is 5.10 Å². The van der Waals surface area contributed by atoms with Gasteiger partial charge in [0.15, 0.2) is 16.7 Å². The Bertz CT molecular complexity index is 706. The molecule has 0 spiro atoms. The summed E-state index contributed by atoms with van der Waals surface area (Å²) in [6, 6.07) is 5.40. The first kappa shape index (κ1) is 19.8. The minimum atomic E-state index is -0.246. The van der Waals surface area contributed by atoms with Gasteiger partial charge in [-0.25, -0.2) is 0 Å². The number of rotatable bonds is 9. The van der Waals surface area contributed by atoms with Crippen LogP contribution in [0.4, 0.5) is 0 Å². The Morgan fingerprint density at radius 2 is 2.27 bits per heavy atom. The molecule has 0 bridgehead atoms. The molecule has 1 aliphatic heterocycles. The summed E-state index contributed by atoms with van der Waals surface area (Å²) in [6.07, 6.45) is 2.34. The summed E-state index contributed by atoms with van der Waals surface area (Å²) in [5, 5.41) is 11.0. The molecule has 1 N–H and O–H groups in total. The van der Waals surface area contributed by atoms with Crippen molar-refractivity contribution in [3.8, 4) is 11.5 Å². The van der Waals surface area contributed by atoms with Crippen LogP contribution in [0.5, 0.6) is 11.5 Å². The van der Waals surface area contributed by atoms with Crippen LogP contribution in [0.3, 0.4) is 0 Å². The van der Waals surface area contributed by atoms with Gasteiger partial charge in [0, 0.05) is 12.0 Å². The van der Waals surface area contributed by atoms with Crippen LogP contribution in [0.2, 0.25) is 0 Å². The summed E-state index contributed by atoms with van der Waals surface area (Å²) < 4.78 is 16.0. The van der Waals surface area contributed by atoms with Gasteiger partial charge in [-0.15, -0.1) is 5.10 Å². The maximum Gasteiger partial charge on any atom is 0.305 e. The Labute approximate surface area is 156 Å². The maximum atomic E-state index is 11.4. The van der Waals surface area contributed by atoms with Gasteiger partial charge >= 0.3 is 5.97 Å². The fourth-order valence-corrected chi connectivity index (χ4v) is 2.73. The second-order valence-electron chi connectivity index (χ2n) is 5.12. The summed E-state index contributed by atoms with van der Waals surface area (Å²) >= 11 is 1.30. The van der Waals surface area contributed by atoms with E-state index in [2.05, 4.69) is 15.5 Å². The quantitative estimate of drug-likeness (QED) is 0.305. The normalized spacial score (nSPS) is 15.3. The predicted molar refractivity (Wildman–Crippen MR) is 100.0 cm³/mol. The molecular weight excluding hydrogens is 358 g/mol. The SMILES string of the molecule is CCOC(=O)CCCOc1c(C=NN=C2NC(=O)CS2)cccc1OC. The molecule has 0 unspecified atom stereocenters. The number of para-hydroxylation sites is 1. The molecule has 9 heteroatoms. The molecule has 1 aromatic carbocycles. The molecule has 1 fully saturated rings. The van der Waals surface area contributed by atoms with Crippen molar-refractivity contribution in [3.05, 3.63) is 23.8 Å². The van der Waals surface area contributed by atoms with Crippen LogP contribution in [0.25, 0.3) is 0 Å². The summed E-state index contributed by atoms with van der Waals surface area (Å²) in [5.41, 5.74) is 0.680. The van der Waals surface area contributed by atoms with Crippen LogP contribution in [0.1, 0.15) is 25.3 Å². The topological polar surface area (TPSA) is 98.6 Å². The van der Waals surface area contributed by atoms with Gasteiger partial charge in [-0.05, 0) is 25.5 Å². The molecule has 140 valence electrons. The molecule has 0 atom stereocenters. The average Bonchev–Trinajstić information content (AvgIpc) is 3.04. The van der Waals surface area contributed by atoms with E-state index in [9.17, 15) is 9.59 Å². The van der Waals surface area contributed by atoms with Crippen molar-refractivity contribution in [1.29, 1.82) is 0 Å².